The van der Waals surface area contributed by atoms with E-state index >= 15 is 0 Å². The van der Waals surface area contributed by atoms with Crippen LogP contribution in [0, 0.1) is 0 Å². The first-order valence-electron chi connectivity index (χ1n) is 10.9. The Hall–Kier alpha value is -3.30. The lowest BCUT2D eigenvalue weighted by molar-refractivity contribution is 0.0680. The Morgan fingerprint density at radius 3 is 2.91 bits per heavy atom. The zero-order valence-corrected chi connectivity index (χ0v) is 18.3. The summed E-state index contributed by atoms with van der Waals surface area (Å²) in [6.07, 6.45) is 6.71. The molecule has 1 amide bonds. The van der Waals surface area contributed by atoms with Gasteiger partial charge in [0.2, 0.25) is 0 Å². The van der Waals surface area contributed by atoms with Gasteiger partial charge in [-0.1, -0.05) is 6.07 Å². The lowest BCUT2D eigenvalue weighted by Gasteiger charge is -2.28. The lowest BCUT2D eigenvalue weighted by Crippen LogP contribution is -2.42. The molecule has 0 aromatic carbocycles. The number of carbonyl (C=O) groups excluding carboxylic acids is 1. The highest BCUT2D eigenvalue weighted by Gasteiger charge is 2.38. The molecule has 2 bridgehead atoms. The van der Waals surface area contributed by atoms with Crippen LogP contribution >= 0.6 is 11.3 Å². The molecule has 6 heterocycles. The summed E-state index contributed by atoms with van der Waals surface area (Å²) in [7, 11) is 0. The van der Waals surface area contributed by atoms with Crippen LogP contribution in [-0.2, 0) is 0 Å². The van der Waals surface area contributed by atoms with Crippen molar-refractivity contribution >= 4 is 28.7 Å². The van der Waals surface area contributed by atoms with Crippen molar-refractivity contribution in [1.29, 1.82) is 0 Å². The van der Waals surface area contributed by atoms with Crippen molar-refractivity contribution in [3.05, 3.63) is 53.7 Å². The van der Waals surface area contributed by atoms with Crippen molar-refractivity contribution in [2.24, 2.45) is 0 Å². The smallest absolute Gasteiger partial charge is 0.254 e. The Balaban J connectivity index is 1.41. The molecule has 0 aliphatic carbocycles. The van der Waals surface area contributed by atoms with Crippen molar-refractivity contribution in [3.8, 4) is 21.8 Å². The molecule has 8 nitrogen and oxygen atoms in total. The molecule has 4 aromatic rings. The molecule has 3 N–H and O–H groups in total. The summed E-state index contributed by atoms with van der Waals surface area (Å²) in [6, 6.07) is 10.0. The van der Waals surface area contributed by atoms with Gasteiger partial charge in [0, 0.05) is 30.4 Å². The Bertz CT molecular complexity index is 1290. The summed E-state index contributed by atoms with van der Waals surface area (Å²) < 4.78 is 1.72. The number of nitrogens with zero attached hydrogens (tertiary/aromatic N) is 5. The third-order valence-corrected chi connectivity index (χ3v) is 7.29. The molecule has 0 saturated carbocycles. The topological polar surface area (TPSA) is 101 Å². The van der Waals surface area contributed by atoms with Gasteiger partial charge in [-0.2, -0.15) is 5.10 Å². The van der Waals surface area contributed by atoms with Gasteiger partial charge in [0.1, 0.15) is 5.82 Å². The minimum Gasteiger partial charge on any atom is -0.384 e. The molecule has 2 atom stereocenters. The van der Waals surface area contributed by atoms with E-state index in [0.717, 1.165) is 48.5 Å². The fraction of sp³-hybridized carbons (Fsp3) is 0.304. The summed E-state index contributed by atoms with van der Waals surface area (Å²) in [5, 5.41) is 9.91. The number of amides is 1. The van der Waals surface area contributed by atoms with Crippen LogP contribution < -0.4 is 11.1 Å². The first-order valence-corrected chi connectivity index (χ1v) is 11.7. The molecule has 0 unspecified atom stereocenters. The van der Waals surface area contributed by atoms with Crippen molar-refractivity contribution in [2.75, 3.05) is 18.8 Å². The van der Waals surface area contributed by atoms with Crippen LogP contribution in [0.1, 0.15) is 29.6 Å². The maximum absolute atomic E-state index is 13.5. The Kier molecular flexibility index (Phi) is 4.65. The number of fused-ring (bicyclic) bond motifs is 3. The van der Waals surface area contributed by atoms with Crippen LogP contribution in [0.4, 0.5) is 5.82 Å². The minimum atomic E-state index is 0.0280. The third kappa shape index (κ3) is 3.25. The van der Waals surface area contributed by atoms with Gasteiger partial charge in [-0.3, -0.25) is 4.79 Å². The number of aromatic nitrogens is 4. The molecule has 2 aliphatic heterocycles. The minimum absolute atomic E-state index is 0.0280. The van der Waals surface area contributed by atoms with E-state index in [-0.39, 0.29) is 18.0 Å². The molecule has 6 rings (SSSR count). The predicted molar refractivity (Wildman–Crippen MR) is 124 cm³/mol. The monoisotopic (exact) mass is 445 g/mol. The molecule has 0 radical (unpaired) electrons. The predicted octanol–water partition coefficient (Wildman–Crippen LogP) is 3.07. The number of hydrogen-bond donors (Lipinski definition) is 2. The summed E-state index contributed by atoms with van der Waals surface area (Å²) in [5.74, 6) is 0.347. The van der Waals surface area contributed by atoms with Crippen molar-refractivity contribution in [1.82, 2.24) is 29.8 Å². The molecule has 0 spiro atoms. The van der Waals surface area contributed by atoms with Crippen LogP contribution in [-0.4, -0.2) is 55.6 Å². The molecule has 2 fully saturated rings. The highest BCUT2D eigenvalue weighted by atomic mass is 32.1. The molecule has 162 valence electrons. The van der Waals surface area contributed by atoms with Gasteiger partial charge in [-0.15, -0.1) is 11.3 Å². The number of rotatable bonds is 3. The fourth-order valence-corrected chi connectivity index (χ4v) is 5.58. The van der Waals surface area contributed by atoms with E-state index in [1.165, 1.54) is 0 Å². The summed E-state index contributed by atoms with van der Waals surface area (Å²) >= 11 is 1.64. The number of nitrogens with two attached hydrogens (primary N) is 1. The van der Waals surface area contributed by atoms with E-state index in [4.69, 9.17) is 10.7 Å². The normalized spacial score (nSPS) is 20.6. The summed E-state index contributed by atoms with van der Waals surface area (Å²) in [4.78, 5) is 26.0. The maximum Gasteiger partial charge on any atom is 0.254 e. The number of carbonyl (C=O) groups is 1. The van der Waals surface area contributed by atoms with Crippen LogP contribution in [0.3, 0.4) is 0 Å². The van der Waals surface area contributed by atoms with Crippen LogP contribution in [0.25, 0.3) is 27.5 Å². The fourth-order valence-electron chi connectivity index (χ4n) is 4.89. The van der Waals surface area contributed by atoms with Gasteiger partial charge in [0.25, 0.3) is 5.91 Å². The highest BCUT2D eigenvalue weighted by Crippen LogP contribution is 2.32. The number of thiophene rings is 1. The Labute approximate surface area is 189 Å². The van der Waals surface area contributed by atoms with Crippen LogP contribution in [0.5, 0.6) is 0 Å². The molecule has 2 saturated heterocycles. The van der Waals surface area contributed by atoms with Crippen LogP contribution in [0.2, 0.25) is 0 Å². The first-order chi connectivity index (χ1) is 15.7. The second-order valence-corrected chi connectivity index (χ2v) is 9.32. The Morgan fingerprint density at radius 2 is 2.03 bits per heavy atom. The van der Waals surface area contributed by atoms with Gasteiger partial charge in [0.15, 0.2) is 5.65 Å². The van der Waals surface area contributed by atoms with E-state index in [1.807, 2.05) is 35.8 Å². The number of nitrogens with one attached hydrogen (secondary N) is 1. The largest absolute Gasteiger partial charge is 0.384 e. The molecule has 32 heavy (non-hydrogen) atoms. The van der Waals surface area contributed by atoms with E-state index < -0.39 is 0 Å². The average Bonchev–Trinajstić information content (AvgIpc) is 3.50. The van der Waals surface area contributed by atoms with Crippen molar-refractivity contribution < 1.29 is 4.79 Å². The molecular weight excluding hydrogens is 422 g/mol. The zero-order valence-electron chi connectivity index (χ0n) is 17.4. The van der Waals surface area contributed by atoms with Gasteiger partial charge in [-0.05, 0) is 55.5 Å². The summed E-state index contributed by atoms with van der Waals surface area (Å²) in [6.45, 7) is 1.80. The maximum atomic E-state index is 13.5. The van der Waals surface area contributed by atoms with Gasteiger partial charge in [0.05, 0.1) is 28.0 Å². The number of hydrogen-bond acceptors (Lipinski definition) is 7. The van der Waals surface area contributed by atoms with E-state index in [1.54, 1.807) is 28.1 Å². The standard InChI is InChI=1S/C23H23N7OS/c24-21-11-14(23(31)30-15-3-4-16(30)12-25-7-5-15)10-19(27-21)17-13-26-29-8-6-18(28-22(17)29)20-2-1-9-32-20/h1-2,6,8-11,13,15-16,25H,3-5,7,12H2,(H2,24,27)/t15-,16+/m1/s1. The van der Waals surface area contributed by atoms with E-state index in [2.05, 4.69) is 20.3 Å². The van der Waals surface area contributed by atoms with Gasteiger partial charge >= 0.3 is 0 Å². The number of anilines is 1. The first kappa shape index (κ1) is 19.4. The second-order valence-electron chi connectivity index (χ2n) is 8.37. The lowest BCUT2D eigenvalue weighted by atomic mass is 10.1. The number of nitrogen functional groups attached to an aromatic ring is 1. The van der Waals surface area contributed by atoms with E-state index in [0.29, 0.717) is 22.7 Å². The van der Waals surface area contributed by atoms with Gasteiger partial charge < -0.3 is 16.0 Å². The molecular formula is C23H23N7OS. The van der Waals surface area contributed by atoms with E-state index in [9.17, 15) is 4.79 Å². The quantitative estimate of drug-likeness (QED) is 0.503. The molecule has 4 aromatic heterocycles. The third-order valence-electron chi connectivity index (χ3n) is 6.40. The second kappa shape index (κ2) is 7.68. The number of pyridine rings is 1. The summed E-state index contributed by atoms with van der Waals surface area (Å²) in [5.41, 5.74) is 9.66. The van der Waals surface area contributed by atoms with Crippen molar-refractivity contribution in [3.63, 3.8) is 0 Å². The molecule has 2 aliphatic rings. The SMILES string of the molecule is Nc1cc(C(=O)N2[C@H]3CCNC[C@@H]2CC3)cc(-c2cnn3ccc(-c4cccs4)nc23)n1. The highest BCUT2D eigenvalue weighted by molar-refractivity contribution is 7.13. The zero-order chi connectivity index (χ0) is 21.7. The average molecular weight is 446 g/mol. The van der Waals surface area contributed by atoms with Crippen molar-refractivity contribution in [2.45, 2.75) is 31.3 Å². The molecule has 9 heteroatoms. The van der Waals surface area contributed by atoms with Gasteiger partial charge in [-0.25, -0.2) is 14.5 Å². The van der Waals surface area contributed by atoms with Crippen LogP contribution in [0.15, 0.2) is 48.1 Å². The Morgan fingerprint density at radius 1 is 1.12 bits per heavy atom.